The first-order valence-electron chi connectivity index (χ1n) is 8.27. The summed E-state index contributed by atoms with van der Waals surface area (Å²) in [4.78, 5) is 14.6. The summed E-state index contributed by atoms with van der Waals surface area (Å²) in [5.41, 5.74) is 1.89. The predicted molar refractivity (Wildman–Crippen MR) is 90.3 cm³/mol. The number of nitrogens with zero attached hydrogens (tertiary/aromatic N) is 3. The van der Waals surface area contributed by atoms with E-state index in [1.807, 2.05) is 7.05 Å². The van der Waals surface area contributed by atoms with Gasteiger partial charge in [-0.2, -0.15) is 5.10 Å². The second kappa shape index (κ2) is 7.42. The van der Waals surface area contributed by atoms with Crippen LogP contribution in [0.2, 0.25) is 0 Å². The number of likely N-dealkylation sites (tertiary alicyclic amines) is 1. The molecule has 0 spiro atoms. The molecule has 0 atom stereocenters. The number of aromatic nitrogens is 2. The van der Waals surface area contributed by atoms with E-state index in [0.29, 0.717) is 5.69 Å². The van der Waals surface area contributed by atoms with Crippen LogP contribution < -0.4 is 5.32 Å². The van der Waals surface area contributed by atoms with Crippen LogP contribution in [0.3, 0.4) is 0 Å². The van der Waals surface area contributed by atoms with Gasteiger partial charge in [-0.15, -0.1) is 0 Å². The SMILES string of the molecule is Cn1ccc(C(=O)NC2CCN(CCc3ccccc3)CC2)n1. The van der Waals surface area contributed by atoms with Crippen molar-refractivity contribution in [1.29, 1.82) is 0 Å². The van der Waals surface area contributed by atoms with Gasteiger partial charge < -0.3 is 10.2 Å². The van der Waals surface area contributed by atoms with E-state index in [0.717, 1.165) is 38.9 Å². The number of nitrogens with one attached hydrogen (secondary N) is 1. The van der Waals surface area contributed by atoms with Crippen molar-refractivity contribution in [1.82, 2.24) is 20.0 Å². The molecular weight excluding hydrogens is 288 g/mol. The van der Waals surface area contributed by atoms with E-state index >= 15 is 0 Å². The molecule has 1 aromatic carbocycles. The van der Waals surface area contributed by atoms with Gasteiger partial charge in [0.2, 0.25) is 0 Å². The highest BCUT2D eigenvalue weighted by Crippen LogP contribution is 2.12. The van der Waals surface area contributed by atoms with Crippen LogP contribution in [0.1, 0.15) is 28.9 Å². The van der Waals surface area contributed by atoms with Crippen LogP contribution in [0.15, 0.2) is 42.6 Å². The second-order valence-electron chi connectivity index (χ2n) is 6.20. The maximum Gasteiger partial charge on any atom is 0.271 e. The van der Waals surface area contributed by atoms with Gasteiger partial charge in [-0.1, -0.05) is 30.3 Å². The molecule has 23 heavy (non-hydrogen) atoms. The number of benzene rings is 1. The lowest BCUT2D eigenvalue weighted by Gasteiger charge is -2.32. The van der Waals surface area contributed by atoms with Crippen LogP contribution in [0, 0.1) is 0 Å². The first-order chi connectivity index (χ1) is 11.2. The van der Waals surface area contributed by atoms with Crippen molar-refractivity contribution in [2.75, 3.05) is 19.6 Å². The Balaban J connectivity index is 1.41. The molecule has 1 amide bonds. The van der Waals surface area contributed by atoms with E-state index in [1.165, 1.54) is 5.56 Å². The molecule has 1 fully saturated rings. The van der Waals surface area contributed by atoms with E-state index < -0.39 is 0 Å². The Morgan fingerprint density at radius 1 is 1.22 bits per heavy atom. The quantitative estimate of drug-likeness (QED) is 0.917. The van der Waals surface area contributed by atoms with Crippen molar-refractivity contribution >= 4 is 5.91 Å². The zero-order valence-electron chi connectivity index (χ0n) is 13.6. The molecule has 1 N–H and O–H groups in total. The van der Waals surface area contributed by atoms with Gasteiger partial charge in [-0.05, 0) is 30.9 Å². The molecule has 1 aliphatic rings. The number of aryl methyl sites for hydroxylation is 1. The molecule has 1 saturated heterocycles. The van der Waals surface area contributed by atoms with Gasteiger partial charge in [-0.25, -0.2) is 0 Å². The maximum atomic E-state index is 12.1. The fourth-order valence-electron chi connectivity index (χ4n) is 3.03. The normalized spacial score (nSPS) is 16.4. The molecule has 3 rings (SSSR count). The third-order valence-electron chi connectivity index (χ3n) is 4.43. The van der Waals surface area contributed by atoms with Crippen LogP contribution >= 0.6 is 0 Å². The van der Waals surface area contributed by atoms with Crippen molar-refractivity contribution in [2.24, 2.45) is 7.05 Å². The highest BCUT2D eigenvalue weighted by Gasteiger charge is 2.21. The van der Waals surface area contributed by atoms with Gasteiger partial charge in [0.05, 0.1) is 0 Å². The Kier molecular flexibility index (Phi) is 5.08. The van der Waals surface area contributed by atoms with Gasteiger partial charge in [0, 0.05) is 38.9 Å². The molecule has 2 aromatic rings. The van der Waals surface area contributed by atoms with Crippen molar-refractivity contribution in [2.45, 2.75) is 25.3 Å². The molecule has 1 aliphatic heterocycles. The van der Waals surface area contributed by atoms with Crippen molar-refractivity contribution in [3.8, 4) is 0 Å². The highest BCUT2D eigenvalue weighted by molar-refractivity contribution is 5.92. The third-order valence-corrected chi connectivity index (χ3v) is 4.43. The third kappa shape index (κ3) is 4.42. The summed E-state index contributed by atoms with van der Waals surface area (Å²) in [6.07, 6.45) is 4.90. The fourth-order valence-corrected chi connectivity index (χ4v) is 3.03. The molecule has 0 bridgehead atoms. The number of carbonyl (C=O) groups excluding carboxylic acids is 1. The fraction of sp³-hybridized carbons (Fsp3) is 0.444. The van der Waals surface area contributed by atoms with E-state index in [2.05, 4.69) is 45.6 Å². The lowest BCUT2D eigenvalue weighted by atomic mass is 10.0. The molecule has 1 aromatic heterocycles. The lowest BCUT2D eigenvalue weighted by Crippen LogP contribution is -2.45. The molecule has 0 aliphatic carbocycles. The van der Waals surface area contributed by atoms with Gasteiger partial charge in [-0.3, -0.25) is 9.48 Å². The molecule has 0 unspecified atom stereocenters. The number of amides is 1. The molecule has 5 nitrogen and oxygen atoms in total. The molecule has 5 heteroatoms. The average molecular weight is 312 g/mol. The minimum atomic E-state index is -0.0617. The highest BCUT2D eigenvalue weighted by atomic mass is 16.2. The van der Waals surface area contributed by atoms with E-state index in [4.69, 9.17) is 0 Å². The lowest BCUT2D eigenvalue weighted by molar-refractivity contribution is 0.0905. The second-order valence-corrected chi connectivity index (χ2v) is 6.20. The number of hydrogen-bond donors (Lipinski definition) is 1. The summed E-state index contributed by atoms with van der Waals surface area (Å²) < 4.78 is 1.65. The molecular formula is C18H24N4O. The summed E-state index contributed by atoms with van der Waals surface area (Å²) in [5, 5.41) is 7.25. The molecule has 2 heterocycles. The van der Waals surface area contributed by atoms with Gasteiger partial charge in [0.25, 0.3) is 5.91 Å². The average Bonchev–Trinajstić information content (AvgIpc) is 3.02. The first-order valence-corrected chi connectivity index (χ1v) is 8.27. The van der Waals surface area contributed by atoms with E-state index in [1.54, 1.807) is 16.9 Å². The summed E-state index contributed by atoms with van der Waals surface area (Å²) in [6, 6.07) is 12.6. The number of hydrogen-bond acceptors (Lipinski definition) is 3. The van der Waals surface area contributed by atoms with Crippen LogP contribution in [-0.4, -0.2) is 46.3 Å². The zero-order chi connectivity index (χ0) is 16.1. The van der Waals surface area contributed by atoms with Crippen LogP contribution in [-0.2, 0) is 13.5 Å². The summed E-state index contributed by atoms with van der Waals surface area (Å²) >= 11 is 0. The van der Waals surface area contributed by atoms with Crippen LogP contribution in [0.5, 0.6) is 0 Å². The van der Waals surface area contributed by atoms with Gasteiger partial charge >= 0.3 is 0 Å². The summed E-state index contributed by atoms with van der Waals surface area (Å²) in [7, 11) is 1.82. The summed E-state index contributed by atoms with van der Waals surface area (Å²) in [6.45, 7) is 3.17. The Hall–Kier alpha value is -2.14. The minimum absolute atomic E-state index is 0.0617. The zero-order valence-corrected chi connectivity index (χ0v) is 13.6. The minimum Gasteiger partial charge on any atom is -0.348 e. The van der Waals surface area contributed by atoms with Crippen LogP contribution in [0.4, 0.5) is 0 Å². The maximum absolute atomic E-state index is 12.1. The predicted octanol–water partition coefficient (Wildman–Crippen LogP) is 1.86. The van der Waals surface area contributed by atoms with Crippen molar-refractivity contribution < 1.29 is 4.79 Å². The largest absolute Gasteiger partial charge is 0.348 e. The summed E-state index contributed by atoms with van der Waals surface area (Å²) in [5.74, 6) is -0.0617. The van der Waals surface area contributed by atoms with Gasteiger partial charge in [0.15, 0.2) is 0 Å². The standard InChI is InChI=1S/C18H24N4O/c1-21-11-10-17(20-21)18(23)19-16-8-13-22(14-9-16)12-7-15-5-3-2-4-6-15/h2-6,10-11,16H,7-9,12-14H2,1H3,(H,19,23). The smallest absolute Gasteiger partial charge is 0.271 e. The Morgan fingerprint density at radius 3 is 2.61 bits per heavy atom. The van der Waals surface area contributed by atoms with Crippen LogP contribution in [0.25, 0.3) is 0 Å². The Morgan fingerprint density at radius 2 is 1.96 bits per heavy atom. The topological polar surface area (TPSA) is 50.2 Å². The number of rotatable bonds is 5. The monoisotopic (exact) mass is 312 g/mol. The Bertz CT molecular complexity index is 629. The van der Waals surface area contributed by atoms with Crippen molar-refractivity contribution in [3.63, 3.8) is 0 Å². The van der Waals surface area contributed by atoms with Gasteiger partial charge in [0.1, 0.15) is 5.69 Å². The molecule has 0 radical (unpaired) electrons. The molecule has 0 saturated carbocycles. The molecule has 122 valence electrons. The van der Waals surface area contributed by atoms with E-state index in [-0.39, 0.29) is 11.9 Å². The number of piperidine rings is 1. The first kappa shape index (κ1) is 15.7. The Labute approximate surface area is 137 Å². The van der Waals surface area contributed by atoms with E-state index in [9.17, 15) is 4.79 Å². The number of carbonyl (C=O) groups is 1. The van der Waals surface area contributed by atoms with Crippen molar-refractivity contribution in [3.05, 3.63) is 53.9 Å².